The summed E-state index contributed by atoms with van der Waals surface area (Å²) in [5, 5.41) is 3.47. The molecule has 1 nitrogen and oxygen atoms in total. The molecule has 2 rings (SSSR count). The van der Waals surface area contributed by atoms with Crippen molar-refractivity contribution in [1.82, 2.24) is 0 Å². The molecular weight excluding hydrogens is 201 g/mol. The van der Waals surface area contributed by atoms with Crippen LogP contribution in [0.25, 0.3) is 0 Å². The molecule has 0 atom stereocenters. The van der Waals surface area contributed by atoms with Gasteiger partial charge in [0.15, 0.2) is 0 Å². The van der Waals surface area contributed by atoms with Gasteiger partial charge in [0.25, 0.3) is 0 Å². The maximum Gasteiger partial charge on any atom is 0.128 e. The lowest BCUT2D eigenvalue weighted by molar-refractivity contribution is 0.361. The van der Waals surface area contributed by atoms with E-state index in [0.717, 1.165) is 17.2 Å². The van der Waals surface area contributed by atoms with Gasteiger partial charge in [-0.1, -0.05) is 13.0 Å². The van der Waals surface area contributed by atoms with Crippen LogP contribution < -0.4 is 5.32 Å². The third kappa shape index (κ3) is 2.55. The Morgan fingerprint density at radius 3 is 2.56 bits per heavy atom. The van der Waals surface area contributed by atoms with Crippen LogP contribution >= 0.6 is 0 Å². The van der Waals surface area contributed by atoms with E-state index < -0.39 is 0 Å². The molecule has 0 bridgehead atoms. The molecular formula is C14H20FN. The van der Waals surface area contributed by atoms with E-state index >= 15 is 0 Å². The Balaban J connectivity index is 2.01. The van der Waals surface area contributed by atoms with Crippen LogP contribution in [0.3, 0.4) is 0 Å². The number of benzene rings is 1. The molecule has 1 aliphatic rings. The minimum absolute atomic E-state index is 0.117. The molecule has 2 heteroatoms. The normalized spacial score (nSPS) is 25.4. The van der Waals surface area contributed by atoms with E-state index in [1.165, 1.54) is 31.7 Å². The highest BCUT2D eigenvalue weighted by Crippen LogP contribution is 2.27. The standard InChI is InChI=1S/C14H20FN/c1-10-6-8-12(9-7-10)16-14-5-3-4-13(15)11(14)2/h3-5,10,12,16H,6-9H2,1-2H3. The average Bonchev–Trinajstić information content (AvgIpc) is 2.28. The quantitative estimate of drug-likeness (QED) is 0.792. The first-order valence-electron chi connectivity index (χ1n) is 6.18. The van der Waals surface area contributed by atoms with Crippen molar-refractivity contribution in [1.29, 1.82) is 0 Å². The Bertz CT molecular complexity index is 354. The van der Waals surface area contributed by atoms with E-state index in [9.17, 15) is 4.39 Å². The zero-order valence-electron chi connectivity index (χ0n) is 10.1. The lowest BCUT2D eigenvalue weighted by Gasteiger charge is -2.28. The van der Waals surface area contributed by atoms with Gasteiger partial charge in [-0.25, -0.2) is 4.39 Å². The van der Waals surface area contributed by atoms with Gasteiger partial charge < -0.3 is 5.32 Å². The van der Waals surface area contributed by atoms with E-state index in [2.05, 4.69) is 12.2 Å². The highest BCUT2D eigenvalue weighted by Gasteiger charge is 2.18. The summed E-state index contributed by atoms with van der Waals surface area (Å²) in [7, 11) is 0. The van der Waals surface area contributed by atoms with Crippen molar-refractivity contribution >= 4 is 5.69 Å². The molecule has 1 aromatic rings. The molecule has 0 unspecified atom stereocenters. The molecule has 88 valence electrons. The molecule has 1 aliphatic carbocycles. The highest BCUT2D eigenvalue weighted by molar-refractivity contribution is 5.51. The lowest BCUT2D eigenvalue weighted by atomic mass is 9.87. The van der Waals surface area contributed by atoms with Crippen LogP contribution in [0.5, 0.6) is 0 Å². The maximum absolute atomic E-state index is 13.4. The fourth-order valence-electron chi connectivity index (χ4n) is 2.39. The summed E-state index contributed by atoms with van der Waals surface area (Å²) in [6.45, 7) is 4.15. The number of halogens is 1. The van der Waals surface area contributed by atoms with Crippen molar-refractivity contribution in [3.05, 3.63) is 29.6 Å². The number of hydrogen-bond donors (Lipinski definition) is 1. The minimum Gasteiger partial charge on any atom is -0.382 e. The molecule has 0 aromatic heterocycles. The zero-order valence-corrected chi connectivity index (χ0v) is 10.1. The largest absolute Gasteiger partial charge is 0.382 e. The first-order chi connectivity index (χ1) is 7.66. The Labute approximate surface area is 97.1 Å². The summed E-state index contributed by atoms with van der Waals surface area (Å²) < 4.78 is 13.4. The number of anilines is 1. The maximum atomic E-state index is 13.4. The second-order valence-corrected chi connectivity index (χ2v) is 5.01. The van der Waals surface area contributed by atoms with Crippen LogP contribution in [0.1, 0.15) is 38.2 Å². The van der Waals surface area contributed by atoms with E-state index in [0.29, 0.717) is 6.04 Å². The molecule has 0 radical (unpaired) electrons. The summed E-state index contributed by atoms with van der Waals surface area (Å²) in [6.07, 6.45) is 4.98. The van der Waals surface area contributed by atoms with E-state index in [-0.39, 0.29) is 5.82 Å². The third-order valence-electron chi connectivity index (χ3n) is 3.64. The SMILES string of the molecule is Cc1c(F)cccc1NC1CCC(C)CC1. The van der Waals surface area contributed by atoms with Crippen LogP contribution in [-0.2, 0) is 0 Å². The van der Waals surface area contributed by atoms with Gasteiger partial charge in [-0.3, -0.25) is 0 Å². The molecule has 0 saturated heterocycles. The topological polar surface area (TPSA) is 12.0 Å². The molecule has 1 N–H and O–H groups in total. The third-order valence-corrected chi connectivity index (χ3v) is 3.64. The van der Waals surface area contributed by atoms with Gasteiger partial charge in [0.05, 0.1) is 0 Å². The van der Waals surface area contributed by atoms with Crippen molar-refractivity contribution in [2.24, 2.45) is 5.92 Å². The fraction of sp³-hybridized carbons (Fsp3) is 0.571. The van der Waals surface area contributed by atoms with Gasteiger partial charge in [-0.2, -0.15) is 0 Å². The predicted octanol–water partition coefficient (Wildman–Crippen LogP) is 4.12. The van der Waals surface area contributed by atoms with Crippen LogP contribution in [0.15, 0.2) is 18.2 Å². The molecule has 0 heterocycles. The predicted molar refractivity (Wildman–Crippen MR) is 66.2 cm³/mol. The van der Waals surface area contributed by atoms with Gasteiger partial charge in [-0.15, -0.1) is 0 Å². The molecule has 1 aromatic carbocycles. The van der Waals surface area contributed by atoms with Gasteiger partial charge >= 0.3 is 0 Å². The summed E-state index contributed by atoms with van der Waals surface area (Å²) in [4.78, 5) is 0. The van der Waals surface area contributed by atoms with E-state index in [4.69, 9.17) is 0 Å². The lowest BCUT2D eigenvalue weighted by Crippen LogP contribution is -2.25. The summed E-state index contributed by atoms with van der Waals surface area (Å²) in [5.41, 5.74) is 1.70. The van der Waals surface area contributed by atoms with Crippen molar-refractivity contribution in [2.45, 2.75) is 45.6 Å². The second kappa shape index (κ2) is 4.86. The van der Waals surface area contributed by atoms with Gasteiger partial charge in [0.2, 0.25) is 0 Å². The van der Waals surface area contributed by atoms with Crippen molar-refractivity contribution in [3.63, 3.8) is 0 Å². The van der Waals surface area contributed by atoms with Crippen LogP contribution in [0.4, 0.5) is 10.1 Å². The zero-order chi connectivity index (χ0) is 11.5. The Morgan fingerprint density at radius 2 is 1.88 bits per heavy atom. The van der Waals surface area contributed by atoms with Gasteiger partial charge in [0, 0.05) is 17.3 Å². The smallest absolute Gasteiger partial charge is 0.128 e. The summed E-state index contributed by atoms with van der Waals surface area (Å²) in [6, 6.07) is 5.78. The van der Waals surface area contributed by atoms with E-state index in [1.54, 1.807) is 6.07 Å². The molecule has 0 amide bonds. The van der Waals surface area contributed by atoms with Gasteiger partial charge in [-0.05, 0) is 50.7 Å². The van der Waals surface area contributed by atoms with Crippen LogP contribution in [0.2, 0.25) is 0 Å². The molecule has 1 fully saturated rings. The first-order valence-corrected chi connectivity index (χ1v) is 6.18. The monoisotopic (exact) mass is 221 g/mol. The number of hydrogen-bond acceptors (Lipinski definition) is 1. The number of rotatable bonds is 2. The summed E-state index contributed by atoms with van der Waals surface area (Å²) in [5.74, 6) is 0.737. The summed E-state index contributed by atoms with van der Waals surface area (Å²) >= 11 is 0. The van der Waals surface area contributed by atoms with Crippen LogP contribution in [0, 0.1) is 18.7 Å². The van der Waals surface area contributed by atoms with Gasteiger partial charge in [0.1, 0.15) is 5.82 Å². The van der Waals surface area contributed by atoms with Crippen molar-refractivity contribution in [2.75, 3.05) is 5.32 Å². The Kier molecular flexibility index (Phi) is 3.47. The molecule has 0 aliphatic heterocycles. The fourth-order valence-corrected chi connectivity index (χ4v) is 2.39. The highest BCUT2D eigenvalue weighted by atomic mass is 19.1. The second-order valence-electron chi connectivity index (χ2n) is 5.01. The number of nitrogens with one attached hydrogen (secondary N) is 1. The van der Waals surface area contributed by atoms with E-state index in [1.807, 2.05) is 13.0 Å². The minimum atomic E-state index is -0.117. The van der Waals surface area contributed by atoms with Crippen molar-refractivity contribution in [3.8, 4) is 0 Å². The molecule has 0 spiro atoms. The Morgan fingerprint density at radius 1 is 1.19 bits per heavy atom. The van der Waals surface area contributed by atoms with Crippen LogP contribution in [-0.4, -0.2) is 6.04 Å². The molecule has 16 heavy (non-hydrogen) atoms. The molecule has 1 saturated carbocycles. The first kappa shape index (κ1) is 11.4. The average molecular weight is 221 g/mol. The van der Waals surface area contributed by atoms with Crippen molar-refractivity contribution < 1.29 is 4.39 Å². The Hall–Kier alpha value is -1.05.